The van der Waals surface area contributed by atoms with E-state index in [0.717, 1.165) is 39.5 Å². The van der Waals surface area contributed by atoms with Crippen LogP contribution in [0, 0.1) is 0 Å². The molecule has 190 valence electrons. The minimum atomic E-state index is -0.163. The zero-order valence-corrected chi connectivity index (χ0v) is 21.6. The van der Waals surface area contributed by atoms with Crippen molar-refractivity contribution in [1.82, 2.24) is 10.3 Å². The number of hydrogen-bond donors (Lipinski definition) is 3. The Balaban J connectivity index is 1.22. The van der Waals surface area contributed by atoms with Crippen molar-refractivity contribution in [3.63, 3.8) is 0 Å². The number of ether oxygens (including phenoxy) is 2. The molecule has 7 nitrogen and oxygen atoms in total. The average molecular weight is 540 g/mol. The van der Waals surface area contributed by atoms with Gasteiger partial charge in [-0.1, -0.05) is 60.1 Å². The van der Waals surface area contributed by atoms with Crippen LogP contribution in [0.4, 0.5) is 17.1 Å². The van der Waals surface area contributed by atoms with Crippen LogP contribution in [0.1, 0.15) is 11.1 Å². The second-order valence-electron chi connectivity index (χ2n) is 10.7. The number of nitrogens with two attached hydrogens (primary N) is 1. The normalized spacial score (nSPS) is 18.4. The Morgan fingerprint density at radius 1 is 0.750 bits per heavy atom. The molecule has 40 heavy (non-hydrogen) atoms. The lowest BCUT2D eigenvalue weighted by atomic mass is 9.96. The van der Waals surface area contributed by atoms with Crippen molar-refractivity contribution < 1.29 is 9.47 Å². The number of H-pyrrole nitrogens is 1. The molecule has 4 N–H and O–H groups in total. The van der Waals surface area contributed by atoms with Crippen LogP contribution in [0.2, 0.25) is 5.02 Å². The van der Waals surface area contributed by atoms with Gasteiger partial charge in [0.15, 0.2) is 23.0 Å². The maximum Gasteiger partial charge on any atom is 0.180 e. The van der Waals surface area contributed by atoms with Crippen LogP contribution >= 0.6 is 11.6 Å². The quantitative estimate of drug-likeness (QED) is 0.151. The highest BCUT2D eigenvalue weighted by atomic mass is 35.5. The molecular formula is C32H18ClN5O2. The van der Waals surface area contributed by atoms with Gasteiger partial charge in [0.2, 0.25) is 0 Å². The van der Waals surface area contributed by atoms with Crippen molar-refractivity contribution in [3.05, 3.63) is 99.7 Å². The first-order chi connectivity index (χ1) is 19.6. The van der Waals surface area contributed by atoms with Crippen LogP contribution in [0.25, 0.3) is 32.9 Å². The number of halogens is 1. The number of nitrogens with one attached hydrogen (secondary N) is 2. The average Bonchev–Trinajstić information content (AvgIpc) is 3.63. The zero-order chi connectivity index (χ0) is 26.3. The minimum absolute atomic E-state index is 0.163. The fraction of sp³-hybridized carbons (Fsp3) is 0.0625. The summed E-state index contributed by atoms with van der Waals surface area (Å²) in [7, 11) is 0. The molecule has 0 amide bonds. The van der Waals surface area contributed by atoms with Crippen molar-refractivity contribution >= 4 is 50.5 Å². The molecule has 1 atom stereocenters. The molecule has 3 aliphatic heterocycles. The Labute approximate surface area is 231 Å². The van der Waals surface area contributed by atoms with E-state index in [9.17, 15) is 0 Å². The van der Waals surface area contributed by atoms with Crippen molar-refractivity contribution in [2.45, 2.75) is 5.54 Å². The first-order valence-electron chi connectivity index (χ1n) is 13.1. The topological polar surface area (TPSA) is 107 Å². The molecule has 0 saturated carbocycles. The minimum Gasteiger partial charge on any atom is -0.450 e. The number of fused-ring (bicyclic) bond motifs is 14. The van der Waals surface area contributed by atoms with E-state index < -0.39 is 0 Å². The summed E-state index contributed by atoms with van der Waals surface area (Å²) in [4.78, 5) is 13.4. The first kappa shape index (κ1) is 21.0. The molecule has 5 aromatic carbocycles. The number of rotatable bonds is 0. The molecule has 0 bridgehead atoms. The summed E-state index contributed by atoms with van der Waals surface area (Å²) in [5.74, 6) is 2.10. The molecule has 1 aliphatic carbocycles. The number of aromatic nitrogens is 1. The van der Waals surface area contributed by atoms with E-state index in [1.165, 1.54) is 11.1 Å². The van der Waals surface area contributed by atoms with Crippen molar-refractivity contribution in [2.24, 2.45) is 9.98 Å². The Bertz CT molecular complexity index is 2320. The summed E-state index contributed by atoms with van der Waals surface area (Å²) in [6, 6.07) is 24.6. The van der Waals surface area contributed by atoms with E-state index in [2.05, 4.69) is 46.7 Å². The molecule has 1 fully saturated rings. The first-order valence-corrected chi connectivity index (χ1v) is 13.5. The number of nitrogen functional groups attached to an aromatic ring is 1. The number of benzene rings is 5. The molecule has 6 aromatic rings. The third kappa shape index (κ3) is 2.37. The number of anilines is 1. The molecule has 1 unspecified atom stereocenters. The number of nitrogens with zero attached hydrogens (tertiary/aromatic N) is 2. The van der Waals surface area contributed by atoms with Gasteiger partial charge in [-0.15, -0.1) is 0 Å². The second-order valence-corrected chi connectivity index (χ2v) is 11.0. The lowest BCUT2D eigenvalue weighted by molar-refractivity contribution is 0.457. The van der Waals surface area contributed by atoms with Gasteiger partial charge >= 0.3 is 0 Å². The van der Waals surface area contributed by atoms with Crippen LogP contribution in [0.3, 0.4) is 0 Å². The van der Waals surface area contributed by atoms with Gasteiger partial charge in [-0.05, 0) is 41.0 Å². The molecule has 0 radical (unpaired) electrons. The van der Waals surface area contributed by atoms with Gasteiger partial charge in [0.05, 0.1) is 16.4 Å². The Kier molecular flexibility index (Phi) is 3.59. The van der Waals surface area contributed by atoms with E-state index in [4.69, 9.17) is 36.8 Å². The van der Waals surface area contributed by atoms with Crippen LogP contribution in [0.15, 0.2) is 82.8 Å². The fourth-order valence-electron chi connectivity index (χ4n) is 6.68. The maximum atomic E-state index is 7.03. The van der Waals surface area contributed by atoms with Crippen molar-refractivity contribution in [2.75, 3.05) is 12.3 Å². The maximum absolute atomic E-state index is 7.03. The van der Waals surface area contributed by atoms with Gasteiger partial charge in [0.25, 0.3) is 0 Å². The molecule has 1 saturated heterocycles. The summed E-state index contributed by atoms with van der Waals surface area (Å²) in [6.07, 6.45) is 0. The van der Waals surface area contributed by atoms with Crippen LogP contribution in [0.5, 0.6) is 23.0 Å². The molecule has 4 aliphatic rings. The molecule has 1 aromatic heterocycles. The predicted octanol–water partition coefficient (Wildman–Crippen LogP) is 6.50. The fourth-order valence-corrected chi connectivity index (χ4v) is 6.94. The van der Waals surface area contributed by atoms with Crippen LogP contribution in [-0.2, 0) is 5.54 Å². The lowest BCUT2D eigenvalue weighted by Crippen LogP contribution is -2.24. The monoisotopic (exact) mass is 539 g/mol. The van der Waals surface area contributed by atoms with E-state index in [1.807, 2.05) is 36.4 Å². The third-order valence-electron chi connectivity index (χ3n) is 8.60. The summed E-state index contributed by atoms with van der Waals surface area (Å²) in [5, 5.41) is 6.79. The second kappa shape index (κ2) is 6.83. The predicted molar refractivity (Wildman–Crippen MR) is 154 cm³/mol. The highest BCUT2D eigenvalue weighted by molar-refractivity contribution is 6.32. The van der Waals surface area contributed by atoms with Crippen molar-refractivity contribution in [3.8, 4) is 34.1 Å². The Morgan fingerprint density at radius 2 is 1.50 bits per heavy atom. The summed E-state index contributed by atoms with van der Waals surface area (Å²) in [5.41, 5.74) is 14.9. The number of hydrogen-bond acceptors (Lipinski definition) is 6. The third-order valence-corrected chi connectivity index (χ3v) is 8.95. The van der Waals surface area contributed by atoms with Crippen LogP contribution < -0.4 is 31.2 Å². The van der Waals surface area contributed by atoms with Gasteiger partial charge in [0.1, 0.15) is 32.8 Å². The molecular weight excluding hydrogens is 522 g/mol. The van der Waals surface area contributed by atoms with Gasteiger partial charge in [-0.25, -0.2) is 9.98 Å². The summed E-state index contributed by atoms with van der Waals surface area (Å²) < 4.78 is 13.2. The zero-order valence-electron chi connectivity index (χ0n) is 20.8. The number of para-hydroxylation sites is 1. The highest BCUT2D eigenvalue weighted by Gasteiger charge is 2.53. The Morgan fingerprint density at radius 3 is 2.40 bits per heavy atom. The molecule has 4 heterocycles. The van der Waals surface area contributed by atoms with Gasteiger partial charge in [-0.2, -0.15) is 0 Å². The van der Waals surface area contributed by atoms with E-state index >= 15 is 0 Å². The van der Waals surface area contributed by atoms with Crippen LogP contribution in [-0.4, -0.2) is 11.5 Å². The molecule has 1 spiro atoms. The van der Waals surface area contributed by atoms with E-state index in [0.29, 0.717) is 55.8 Å². The van der Waals surface area contributed by atoms with Crippen molar-refractivity contribution in [1.29, 1.82) is 0 Å². The van der Waals surface area contributed by atoms with E-state index in [1.54, 1.807) is 0 Å². The standard InChI is InChI=1S/C32H18ClN5O2/c33-24-26-31(40-29-21(37-26)12-11-19-23(29)15-6-2-4-8-18(15)36-19)25(34)27-30(24)39-28-20(38-27)10-9-17-22(28)14-5-1-3-7-16(14)32(17)13-35-32/h1-12,35-36H,13,34H2. The summed E-state index contributed by atoms with van der Waals surface area (Å²) >= 11 is 7.03. The Hall–Kier alpha value is -4.85. The lowest BCUT2D eigenvalue weighted by Gasteiger charge is -2.23. The highest BCUT2D eigenvalue weighted by Crippen LogP contribution is 2.58. The SMILES string of the molecule is Nc1c2c(c(Cl)c3c1=Nc1ccc4c(c1O3)-c1ccccc1C41CN1)=Nc1ccc3[nH]c4ccccc4c3c1O2. The van der Waals surface area contributed by atoms with Gasteiger partial charge in [-0.3, -0.25) is 0 Å². The summed E-state index contributed by atoms with van der Waals surface area (Å²) in [6.45, 7) is 0.893. The number of aromatic amines is 1. The molecule has 8 heteroatoms. The molecule has 10 rings (SSSR count). The smallest absolute Gasteiger partial charge is 0.180 e. The van der Waals surface area contributed by atoms with Gasteiger partial charge in [0, 0.05) is 23.0 Å². The largest absolute Gasteiger partial charge is 0.450 e. The van der Waals surface area contributed by atoms with Gasteiger partial charge < -0.3 is 25.5 Å². The van der Waals surface area contributed by atoms with E-state index in [-0.39, 0.29) is 5.54 Å².